The number of nitrogens with zero attached hydrogens (tertiary/aromatic N) is 4. The molecule has 0 amide bonds. The molecule has 2 aliphatic heterocycles. The first kappa shape index (κ1) is 13.5. The number of halogens is 1. The maximum Gasteiger partial charge on any atom is 0.136 e. The Labute approximate surface area is 133 Å². The first-order valence-electron chi connectivity index (χ1n) is 7.52. The van der Waals surface area contributed by atoms with Gasteiger partial charge in [0.25, 0.3) is 0 Å². The predicted octanol–water partition coefficient (Wildman–Crippen LogP) is 2.54. The van der Waals surface area contributed by atoms with Crippen molar-refractivity contribution in [1.29, 1.82) is 0 Å². The van der Waals surface area contributed by atoms with E-state index in [0.717, 1.165) is 29.8 Å². The summed E-state index contributed by atoms with van der Waals surface area (Å²) in [5.74, 6) is 0. The molecular formula is C16H19BrN4. The number of hydrogen-bond donors (Lipinski definition) is 0. The lowest BCUT2D eigenvalue weighted by Gasteiger charge is -2.23. The standard InChI is InChI=1S/C16H19BrN4/c17-13-3-4-16-18-9-15(21(16)10-13)12-19-8-5-14(11-19)20-6-1-2-7-20/h1-4,9-10,14H,5-8,11-12H2. The van der Waals surface area contributed by atoms with Gasteiger partial charge in [0, 0.05) is 49.4 Å². The molecule has 4 nitrogen and oxygen atoms in total. The van der Waals surface area contributed by atoms with Crippen LogP contribution >= 0.6 is 15.9 Å². The van der Waals surface area contributed by atoms with Crippen LogP contribution in [0, 0.1) is 0 Å². The summed E-state index contributed by atoms with van der Waals surface area (Å²) in [6.45, 7) is 5.59. The number of aromatic nitrogens is 2. The fourth-order valence-corrected chi connectivity index (χ4v) is 3.73. The van der Waals surface area contributed by atoms with Gasteiger partial charge in [-0.1, -0.05) is 12.2 Å². The highest BCUT2D eigenvalue weighted by atomic mass is 79.9. The number of hydrogen-bond acceptors (Lipinski definition) is 3. The lowest BCUT2D eigenvalue weighted by molar-refractivity contribution is 0.236. The van der Waals surface area contributed by atoms with Gasteiger partial charge in [-0.15, -0.1) is 0 Å². The van der Waals surface area contributed by atoms with Crippen LogP contribution in [0.25, 0.3) is 5.65 Å². The Hall–Kier alpha value is -1.17. The molecule has 0 N–H and O–H groups in total. The zero-order chi connectivity index (χ0) is 14.2. The molecule has 5 heteroatoms. The van der Waals surface area contributed by atoms with Crippen LogP contribution < -0.4 is 0 Å². The van der Waals surface area contributed by atoms with Crippen LogP contribution in [0.4, 0.5) is 0 Å². The number of likely N-dealkylation sites (tertiary alicyclic amines) is 1. The van der Waals surface area contributed by atoms with E-state index in [1.807, 2.05) is 12.3 Å². The van der Waals surface area contributed by atoms with Gasteiger partial charge in [-0.3, -0.25) is 9.80 Å². The summed E-state index contributed by atoms with van der Waals surface area (Å²) < 4.78 is 3.28. The van der Waals surface area contributed by atoms with E-state index in [0.29, 0.717) is 6.04 Å². The van der Waals surface area contributed by atoms with Crippen LogP contribution in [0.3, 0.4) is 0 Å². The molecular weight excluding hydrogens is 328 g/mol. The molecule has 0 bridgehead atoms. The molecule has 4 heterocycles. The van der Waals surface area contributed by atoms with Crippen molar-refractivity contribution in [3.63, 3.8) is 0 Å². The van der Waals surface area contributed by atoms with Crippen LogP contribution in [0.5, 0.6) is 0 Å². The molecule has 4 rings (SSSR count). The van der Waals surface area contributed by atoms with Gasteiger partial charge in [-0.25, -0.2) is 4.98 Å². The van der Waals surface area contributed by atoms with E-state index >= 15 is 0 Å². The Bertz CT molecular complexity index is 670. The van der Waals surface area contributed by atoms with Crippen molar-refractivity contribution < 1.29 is 0 Å². The molecule has 21 heavy (non-hydrogen) atoms. The van der Waals surface area contributed by atoms with Gasteiger partial charge in [0.1, 0.15) is 5.65 Å². The van der Waals surface area contributed by atoms with E-state index in [2.05, 4.69) is 59.5 Å². The summed E-state index contributed by atoms with van der Waals surface area (Å²) in [4.78, 5) is 9.62. The summed E-state index contributed by atoms with van der Waals surface area (Å²) in [6.07, 6.45) is 9.96. The fourth-order valence-electron chi connectivity index (χ4n) is 3.40. The van der Waals surface area contributed by atoms with Gasteiger partial charge >= 0.3 is 0 Å². The van der Waals surface area contributed by atoms with Crippen molar-refractivity contribution in [2.45, 2.75) is 19.0 Å². The Morgan fingerprint density at radius 1 is 1.24 bits per heavy atom. The maximum absolute atomic E-state index is 4.49. The van der Waals surface area contributed by atoms with Crippen molar-refractivity contribution in [2.24, 2.45) is 0 Å². The molecule has 0 aromatic carbocycles. The van der Waals surface area contributed by atoms with Crippen LogP contribution in [-0.4, -0.2) is 51.4 Å². The van der Waals surface area contributed by atoms with Gasteiger partial charge in [0.2, 0.25) is 0 Å². The van der Waals surface area contributed by atoms with E-state index in [9.17, 15) is 0 Å². The average Bonchev–Trinajstić information content (AvgIpc) is 3.20. The van der Waals surface area contributed by atoms with Gasteiger partial charge in [-0.05, 0) is 34.5 Å². The summed E-state index contributed by atoms with van der Waals surface area (Å²) in [5, 5.41) is 0. The Morgan fingerprint density at radius 3 is 2.95 bits per heavy atom. The van der Waals surface area contributed by atoms with Crippen molar-refractivity contribution in [3.8, 4) is 0 Å². The van der Waals surface area contributed by atoms with E-state index in [4.69, 9.17) is 0 Å². The number of pyridine rings is 1. The lowest BCUT2D eigenvalue weighted by atomic mass is 10.2. The average molecular weight is 347 g/mol. The monoisotopic (exact) mass is 346 g/mol. The largest absolute Gasteiger partial charge is 0.302 e. The molecule has 1 atom stereocenters. The van der Waals surface area contributed by atoms with Crippen molar-refractivity contribution in [2.75, 3.05) is 26.2 Å². The molecule has 0 saturated carbocycles. The second-order valence-electron chi connectivity index (χ2n) is 5.93. The van der Waals surface area contributed by atoms with Crippen molar-refractivity contribution >= 4 is 21.6 Å². The summed E-state index contributed by atoms with van der Waals surface area (Å²) in [6, 6.07) is 4.81. The Morgan fingerprint density at radius 2 is 2.10 bits per heavy atom. The first-order chi connectivity index (χ1) is 10.3. The summed E-state index contributed by atoms with van der Waals surface area (Å²) in [7, 11) is 0. The maximum atomic E-state index is 4.49. The highest BCUT2D eigenvalue weighted by molar-refractivity contribution is 9.10. The van der Waals surface area contributed by atoms with E-state index in [1.54, 1.807) is 0 Å². The summed E-state index contributed by atoms with van der Waals surface area (Å²) in [5.41, 5.74) is 2.29. The molecule has 0 spiro atoms. The smallest absolute Gasteiger partial charge is 0.136 e. The van der Waals surface area contributed by atoms with E-state index in [1.165, 1.54) is 25.2 Å². The SMILES string of the molecule is Brc1ccc2ncc(CN3CCC(N4CC=CC4)C3)n2c1. The molecule has 2 aromatic rings. The van der Waals surface area contributed by atoms with E-state index < -0.39 is 0 Å². The number of imidazole rings is 1. The van der Waals surface area contributed by atoms with Gasteiger partial charge in [-0.2, -0.15) is 0 Å². The molecule has 1 fully saturated rings. The van der Waals surface area contributed by atoms with E-state index in [-0.39, 0.29) is 0 Å². The van der Waals surface area contributed by atoms with Gasteiger partial charge < -0.3 is 4.40 Å². The lowest BCUT2D eigenvalue weighted by Crippen LogP contribution is -2.35. The minimum atomic E-state index is 0.714. The highest BCUT2D eigenvalue weighted by Crippen LogP contribution is 2.21. The Kier molecular flexibility index (Phi) is 3.57. The van der Waals surface area contributed by atoms with Gasteiger partial charge in [0.05, 0.1) is 11.9 Å². The molecule has 0 radical (unpaired) electrons. The van der Waals surface area contributed by atoms with Crippen LogP contribution in [0.1, 0.15) is 12.1 Å². The normalized spacial score (nSPS) is 23.6. The third-order valence-corrected chi connectivity index (χ3v) is 5.01. The van der Waals surface area contributed by atoms with Crippen molar-refractivity contribution in [3.05, 3.63) is 46.8 Å². The zero-order valence-corrected chi connectivity index (χ0v) is 13.5. The Balaban J connectivity index is 1.47. The predicted molar refractivity (Wildman–Crippen MR) is 87.3 cm³/mol. The van der Waals surface area contributed by atoms with Crippen LogP contribution in [-0.2, 0) is 6.54 Å². The second kappa shape index (κ2) is 5.55. The third-order valence-electron chi connectivity index (χ3n) is 4.54. The molecule has 1 saturated heterocycles. The number of rotatable bonds is 3. The fraction of sp³-hybridized carbons (Fsp3) is 0.438. The topological polar surface area (TPSA) is 23.8 Å². The molecule has 110 valence electrons. The quantitative estimate of drug-likeness (QED) is 0.798. The van der Waals surface area contributed by atoms with Crippen molar-refractivity contribution in [1.82, 2.24) is 19.2 Å². The highest BCUT2D eigenvalue weighted by Gasteiger charge is 2.28. The molecule has 0 aliphatic carbocycles. The second-order valence-corrected chi connectivity index (χ2v) is 6.84. The van der Waals surface area contributed by atoms with Gasteiger partial charge in [0.15, 0.2) is 0 Å². The van der Waals surface area contributed by atoms with Crippen LogP contribution in [0.2, 0.25) is 0 Å². The third kappa shape index (κ3) is 2.65. The molecule has 2 aliphatic rings. The molecule has 2 aromatic heterocycles. The first-order valence-corrected chi connectivity index (χ1v) is 8.32. The number of fused-ring (bicyclic) bond motifs is 1. The molecule has 1 unspecified atom stereocenters. The zero-order valence-electron chi connectivity index (χ0n) is 12.0. The minimum Gasteiger partial charge on any atom is -0.302 e. The van der Waals surface area contributed by atoms with Crippen LogP contribution in [0.15, 0.2) is 41.2 Å². The summed E-state index contributed by atoms with van der Waals surface area (Å²) >= 11 is 3.54. The minimum absolute atomic E-state index is 0.714.